The van der Waals surface area contributed by atoms with Gasteiger partial charge in [-0.2, -0.15) is 0 Å². The van der Waals surface area contributed by atoms with Crippen molar-refractivity contribution in [1.29, 1.82) is 0 Å². The maximum atomic E-state index is 12.5. The largest absolute Gasteiger partial charge is 0.493 e. The lowest BCUT2D eigenvalue weighted by molar-refractivity contribution is -0.131. The lowest BCUT2D eigenvalue weighted by Gasteiger charge is -2.32. The summed E-state index contributed by atoms with van der Waals surface area (Å²) >= 11 is 0. The fourth-order valence-corrected chi connectivity index (χ4v) is 4.35. The van der Waals surface area contributed by atoms with Crippen LogP contribution >= 0.6 is 0 Å². The van der Waals surface area contributed by atoms with Crippen LogP contribution in [-0.2, 0) is 4.79 Å². The molecule has 2 aromatic rings. The number of ether oxygens (including phenoxy) is 2. The second-order valence-electron chi connectivity index (χ2n) is 8.60. The molecular formula is C27H32N2O3. The third kappa shape index (κ3) is 5.44. The van der Waals surface area contributed by atoms with Gasteiger partial charge in [-0.1, -0.05) is 36.1 Å². The molecule has 1 saturated heterocycles. The Labute approximate surface area is 191 Å². The fourth-order valence-electron chi connectivity index (χ4n) is 4.35. The molecule has 5 nitrogen and oxygen atoms in total. The van der Waals surface area contributed by atoms with Crippen molar-refractivity contribution in [3.8, 4) is 34.5 Å². The van der Waals surface area contributed by atoms with Gasteiger partial charge in [-0.15, -0.1) is 0 Å². The summed E-state index contributed by atoms with van der Waals surface area (Å²) in [4.78, 5) is 16.7. The lowest BCUT2D eigenvalue weighted by Crippen LogP contribution is -2.47. The van der Waals surface area contributed by atoms with E-state index in [0.29, 0.717) is 0 Å². The van der Waals surface area contributed by atoms with Crippen LogP contribution in [0.1, 0.15) is 37.7 Å². The van der Waals surface area contributed by atoms with Gasteiger partial charge in [0.15, 0.2) is 11.5 Å². The molecular weight excluding hydrogens is 400 g/mol. The van der Waals surface area contributed by atoms with Crippen LogP contribution < -0.4 is 9.47 Å². The molecule has 0 radical (unpaired) electrons. The summed E-state index contributed by atoms with van der Waals surface area (Å²) in [5.41, 5.74) is 2.98. The van der Waals surface area contributed by atoms with E-state index in [2.05, 4.69) is 29.9 Å². The van der Waals surface area contributed by atoms with Crippen molar-refractivity contribution in [3.63, 3.8) is 0 Å². The Balaban J connectivity index is 1.51. The van der Waals surface area contributed by atoms with Crippen LogP contribution in [0.15, 0.2) is 42.5 Å². The minimum atomic E-state index is 0.111. The highest BCUT2D eigenvalue weighted by molar-refractivity contribution is 5.79. The maximum absolute atomic E-state index is 12.5. The van der Waals surface area contributed by atoms with Gasteiger partial charge in [0.25, 0.3) is 0 Å². The van der Waals surface area contributed by atoms with Crippen LogP contribution in [-0.4, -0.2) is 62.1 Å². The van der Waals surface area contributed by atoms with Crippen LogP contribution in [0.2, 0.25) is 0 Å². The predicted molar refractivity (Wildman–Crippen MR) is 127 cm³/mol. The Kier molecular flexibility index (Phi) is 7.34. The van der Waals surface area contributed by atoms with E-state index in [4.69, 9.17) is 9.47 Å². The van der Waals surface area contributed by atoms with Gasteiger partial charge in [-0.25, -0.2) is 0 Å². The van der Waals surface area contributed by atoms with Crippen molar-refractivity contribution in [2.45, 2.75) is 38.2 Å². The van der Waals surface area contributed by atoms with Gasteiger partial charge in [0.1, 0.15) is 0 Å². The fraction of sp³-hybridized carbons (Fsp3) is 0.444. The van der Waals surface area contributed by atoms with E-state index in [0.717, 1.165) is 67.2 Å². The van der Waals surface area contributed by atoms with Crippen LogP contribution in [0, 0.1) is 11.8 Å². The Morgan fingerprint density at radius 1 is 1.03 bits per heavy atom. The Bertz CT molecular complexity index is 993. The number of piperazine rings is 1. The minimum Gasteiger partial charge on any atom is -0.493 e. The molecule has 0 aromatic heterocycles. The molecule has 2 aromatic carbocycles. The van der Waals surface area contributed by atoms with Gasteiger partial charge >= 0.3 is 0 Å². The van der Waals surface area contributed by atoms with Gasteiger partial charge in [-0.3, -0.25) is 4.79 Å². The van der Waals surface area contributed by atoms with Gasteiger partial charge < -0.3 is 19.3 Å². The van der Waals surface area contributed by atoms with Crippen molar-refractivity contribution < 1.29 is 14.3 Å². The average molecular weight is 433 g/mol. The van der Waals surface area contributed by atoms with E-state index in [9.17, 15) is 4.79 Å². The zero-order valence-electron chi connectivity index (χ0n) is 19.1. The molecule has 0 bridgehead atoms. The van der Waals surface area contributed by atoms with E-state index in [1.54, 1.807) is 7.11 Å². The van der Waals surface area contributed by atoms with Gasteiger partial charge in [0, 0.05) is 31.7 Å². The normalized spacial score (nSPS) is 17.0. The molecule has 0 N–H and O–H groups in total. The number of rotatable bonds is 5. The van der Waals surface area contributed by atoms with Gasteiger partial charge in [0.05, 0.1) is 19.6 Å². The number of amides is 1. The van der Waals surface area contributed by atoms with E-state index in [-0.39, 0.29) is 18.4 Å². The number of carbonyl (C=O) groups is 1. The molecule has 1 heterocycles. The molecule has 1 aliphatic heterocycles. The summed E-state index contributed by atoms with van der Waals surface area (Å²) in [5.74, 6) is 7.98. The summed E-state index contributed by atoms with van der Waals surface area (Å²) in [6, 6.07) is 14.1. The standard InChI is InChI=1S/C27H32N2O3/c1-28-16-18-29(19-17-28)27(30)13-7-9-21-8-3-6-12-24(21)22-14-15-25(31-2)26(20-22)32-23-10-4-5-11-23/h3,6,8,12,14-15,20,23H,4-5,10-11,13,16-19H2,1-2H3. The highest BCUT2D eigenvalue weighted by Crippen LogP contribution is 2.36. The summed E-state index contributed by atoms with van der Waals surface area (Å²) < 4.78 is 11.8. The first-order valence-electron chi connectivity index (χ1n) is 11.5. The number of benzene rings is 2. The molecule has 0 atom stereocenters. The Morgan fingerprint density at radius 2 is 1.78 bits per heavy atom. The van der Waals surface area contributed by atoms with Crippen LogP contribution in [0.25, 0.3) is 11.1 Å². The number of carbonyl (C=O) groups excluding carboxylic acids is 1. The summed E-state index contributed by atoms with van der Waals surface area (Å²) in [7, 11) is 3.76. The topological polar surface area (TPSA) is 42.0 Å². The Hall–Kier alpha value is -2.97. The maximum Gasteiger partial charge on any atom is 0.234 e. The van der Waals surface area contributed by atoms with Crippen molar-refractivity contribution in [2.75, 3.05) is 40.3 Å². The number of hydrogen-bond donors (Lipinski definition) is 0. The highest BCUT2D eigenvalue weighted by atomic mass is 16.5. The first-order valence-corrected chi connectivity index (χ1v) is 11.5. The molecule has 0 spiro atoms. The van der Waals surface area contributed by atoms with Crippen molar-refractivity contribution in [2.24, 2.45) is 0 Å². The summed E-state index contributed by atoms with van der Waals surface area (Å²) in [6.07, 6.45) is 5.13. The zero-order chi connectivity index (χ0) is 22.3. The first-order chi connectivity index (χ1) is 15.6. The number of likely N-dealkylation sites (N-methyl/N-ethyl adjacent to an activating group) is 1. The molecule has 2 fully saturated rings. The molecule has 0 unspecified atom stereocenters. The number of methoxy groups -OCH3 is 1. The second kappa shape index (κ2) is 10.6. The second-order valence-corrected chi connectivity index (χ2v) is 8.60. The minimum absolute atomic E-state index is 0.111. The molecule has 1 amide bonds. The van der Waals surface area contributed by atoms with E-state index >= 15 is 0 Å². The van der Waals surface area contributed by atoms with Gasteiger partial charge in [-0.05, 0) is 62.1 Å². The quantitative estimate of drug-likeness (QED) is 0.664. The SMILES string of the molecule is COc1ccc(-c2ccccc2C#CCC(=O)N2CCN(C)CC2)cc1OC1CCCC1. The highest BCUT2D eigenvalue weighted by Gasteiger charge is 2.20. The zero-order valence-corrected chi connectivity index (χ0v) is 19.1. The molecule has 5 heteroatoms. The smallest absolute Gasteiger partial charge is 0.234 e. The third-order valence-electron chi connectivity index (χ3n) is 6.32. The van der Waals surface area contributed by atoms with Crippen LogP contribution in [0.4, 0.5) is 0 Å². The van der Waals surface area contributed by atoms with Crippen molar-refractivity contribution in [3.05, 3.63) is 48.0 Å². The molecule has 2 aliphatic rings. The molecule has 168 valence electrons. The monoisotopic (exact) mass is 432 g/mol. The third-order valence-corrected chi connectivity index (χ3v) is 6.32. The van der Waals surface area contributed by atoms with Crippen molar-refractivity contribution in [1.82, 2.24) is 9.80 Å². The number of hydrogen-bond acceptors (Lipinski definition) is 4. The summed E-state index contributed by atoms with van der Waals surface area (Å²) in [5, 5.41) is 0. The van der Waals surface area contributed by atoms with Crippen LogP contribution in [0.3, 0.4) is 0 Å². The Morgan fingerprint density at radius 3 is 2.53 bits per heavy atom. The molecule has 1 aliphatic carbocycles. The predicted octanol–water partition coefficient (Wildman–Crippen LogP) is 4.20. The number of nitrogens with zero attached hydrogens (tertiary/aromatic N) is 2. The summed E-state index contributed by atoms with van der Waals surface area (Å²) in [6.45, 7) is 3.40. The molecule has 4 rings (SSSR count). The lowest BCUT2D eigenvalue weighted by atomic mass is 9.99. The van der Waals surface area contributed by atoms with E-state index in [1.807, 2.05) is 41.3 Å². The average Bonchev–Trinajstić information content (AvgIpc) is 3.33. The van der Waals surface area contributed by atoms with E-state index < -0.39 is 0 Å². The van der Waals surface area contributed by atoms with Gasteiger partial charge in [0.2, 0.25) is 5.91 Å². The van der Waals surface area contributed by atoms with Crippen LogP contribution in [0.5, 0.6) is 11.5 Å². The van der Waals surface area contributed by atoms with Crippen molar-refractivity contribution >= 4 is 5.91 Å². The first kappa shape index (κ1) is 22.2. The van der Waals surface area contributed by atoms with E-state index in [1.165, 1.54) is 12.8 Å². The molecule has 32 heavy (non-hydrogen) atoms. The molecule has 1 saturated carbocycles.